The highest BCUT2D eigenvalue weighted by Crippen LogP contribution is 2.30. The fourth-order valence-corrected chi connectivity index (χ4v) is 2.23. The Kier molecular flexibility index (Phi) is 5.14. The van der Waals surface area contributed by atoms with Crippen molar-refractivity contribution >= 4 is 24.2 Å². The normalized spacial score (nSPS) is 13.5. The lowest BCUT2D eigenvalue weighted by molar-refractivity contribution is 0.165. The van der Waals surface area contributed by atoms with Gasteiger partial charge in [-0.1, -0.05) is 32.4 Å². The summed E-state index contributed by atoms with van der Waals surface area (Å²) in [5.74, 6) is 1.21. The van der Waals surface area contributed by atoms with Gasteiger partial charge in [0.1, 0.15) is 11.6 Å². The summed E-state index contributed by atoms with van der Waals surface area (Å²) in [6.07, 6.45) is 0. The van der Waals surface area contributed by atoms with Crippen LogP contribution in [0.5, 0.6) is 5.75 Å². The number of rotatable bonds is 4. The molecule has 1 nitrogen and oxygen atoms in total. The predicted molar refractivity (Wildman–Crippen MR) is 73.7 cm³/mol. The second-order valence-corrected chi connectivity index (χ2v) is 5.90. The molecular formula is C13H18ClFOS. The smallest absolute Gasteiger partial charge is 0.138 e. The summed E-state index contributed by atoms with van der Waals surface area (Å²) in [6, 6.07) is 4.15. The minimum Gasteiger partial charge on any atom is -0.492 e. The van der Waals surface area contributed by atoms with Gasteiger partial charge in [-0.15, -0.1) is 0 Å². The minimum atomic E-state index is -0.357. The average Bonchev–Trinajstić information content (AvgIpc) is 2.19. The molecule has 0 saturated heterocycles. The van der Waals surface area contributed by atoms with Crippen LogP contribution >= 0.6 is 24.2 Å². The van der Waals surface area contributed by atoms with Crippen molar-refractivity contribution in [3.8, 4) is 5.75 Å². The van der Waals surface area contributed by atoms with Gasteiger partial charge in [0.05, 0.1) is 11.6 Å². The maximum Gasteiger partial charge on any atom is 0.138 e. The molecule has 4 heteroatoms. The van der Waals surface area contributed by atoms with Crippen molar-refractivity contribution in [2.75, 3.05) is 12.4 Å². The highest BCUT2D eigenvalue weighted by atomic mass is 35.5. The van der Waals surface area contributed by atoms with Crippen LogP contribution in [0.2, 0.25) is 5.02 Å². The monoisotopic (exact) mass is 276 g/mol. The largest absolute Gasteiger partial charge is 0.492 e. The molecule has 0 aliphatic carbocycles. The summed E-state index contributed by atoms with van der Waals surface area (Å²) in [5.41, 5.74) is 0.119. The van der Waals surface area contributed by atoms with Crippen LogP contribution in [0, 0.1) is 17.2 Å². The van der Waals surface area contributed by atoms with E-state index in [1.807, 2.05) is 0 Å². The molecule has 0 N–H and O–H groups in total. The molecule has 0 bridgehead atoms. The third kappa shape index (κ3) is 4.40. The molecule has 0 aromatic heterocycles. The second-order valence-electron chi connectivity index (χ2n) is 5.13. The van der Waals surface area contributed by atoms with Crippen LogP contribution in [0.25, 0.3) is 0 Å². The van der Waals surface area contributed by atoms with E-state index in [4.69, 9.17) is 16.3 Å². The van der Waals surface area contributed by atoms with E-state index in [-0.39, 0.29) is 11.2 Å². The summed E-state index contributed by atoms with van der Waals surface area (Å²) in [4.78, 5) is 0. The lowest BCUT2D eigenvalue weighted by Gasteiger charge is -2.29. The molecule has 1 atom stereocenters. The summed E-state index contributed by atoms with van der Waals surface area (Å²) in [6.45, 7) is 6.95. The van der Waals surface area contributed by atoms with Gasteiger partial charge in [0.2, 0.25) is 0 Å². The van der Waals surface area contributed by atoms with Crippen LogP contribution in [0.4, 0.5) is 4.39 Å². The van der Waals surface area contributed by atoms with Crippen molar-refractivity contribution in [3.05, 3.63) is 29.0 Å². The van der Waals surface area contributed by atoms with Gasteiger partial charge in [-0.3, -0.25) is 0 Å². The first-order valence-electron chi connectivity index (χ1n) is 5.53. The molecule has 1 aromatic carbocycles. The first kappa shape index (κ1) is 14.7. The molecule has 1 aromatic rings. The molecule has 0 aliphatic heterocycles. The van der Waals surface area contributed by atoms with Gasteiger partial charge < -0.3 is 4.74 Å². The zero-order chi connectivity index (χ0) is 13.1. The number of benzene rings is 1. The first-order chi connectivity index (χ1) is 7.84. The van der Waals surface area contributed by atoms with Crippen molar-refractivity contribution in [2.45, 2.75) is 20.8 Å². The Bertz CT molecular complexity index is 376. The Hall–Kier alpha value is -0.410. The van der Waals surface area contributed by atoms with Crippen molar-refractivity contribution in [3.63, 3.8) is 0 Å². The Morgan fingerprint density at radius 3 is 2.53 bits per heavy atom. The van der Waals surface area contributed by atoms with Crippen molar-refractivity contribution in [1.82, 2.24) is 0 Å². The Morgan fingerprint density at radius 1 is 1.41 bits per heavy atom. The van der Waals surface area contributed by atoms with E-state index in [0.717, 1.165) is 5.75 Å². The van der Waals surface area contributed by atoms with E-state index in [1.165, 1.54) is 12.1 Å². The van der Waals surface area contributed by atoms with Crippen LogP contribution < -0.4 is 4.74 Å². The zero-order valence-electron chi connectivity index (χ0n) is 10.3. The number of ether oxygens (including phenoxy) is 1. The van der Waals surface area contributed by atoms with Crippen LogP contribution in [0.15, 0.2) is 18.2 Å². The standard InChI is InChI=1S/C13H18ClFOS/c1-13(2,3)9(8-17)7-16-12-5-4-10(15)6-11(12)14/h4-6,9,17H,7-8H2,1-3H3. The Labute approximate surface area is 113 Å². The lowest BCUT2D eigenvalue weighted by Crippen LogP contribution is -2.28. The molecule has 0 heterocycles. The van der Waals surface area contributed by atoms with Crippen LogP contribution in [-0.4, -0.2) is 12.4 Å². The lowest BCUT2D eigenvalue weighted by atomic mass is 9.82. The molecule has 17 heavy (non-hydrogen) atoms. The van der Waals surface area contributed by atoms with Crippen LogP contribution in [-0.2, 0) is 0 Å². The van der Waals surface area contributed by atoms with Crippen LogP contribution in [0.1, 0.15) is 20.8 Å². The highest BCUT2D eigenvalue weighted by Gasteiger charge is 2.24. The number of halogens is 2. The molecule has 96 valence electrons. The molecule has 1 rings (SSSR count). The molecular weight excluding hydrogens is 259 g/mol. The molecule has 0 fully saturated rings. The number of hydrogen-bond acceptors (Lipinski definition) is 2. The molecule has 0 saturated carbocycles. The average molecular weight is 277 g/mol. The SMILES string of the molecule is CC(C)(C)C(CS)COc1ccc(F)cc1Cl. The summed E-state index contributed by atoms with van der Waals surface area (Å²) < 4.78 is 18.5. The number of thiol groups is 1. The Morgan fingerprint density at radius 2 is 2.06 bits per heavy atom. The van der Waals surface area contributed by atoms with E-state index in [1.54, 1.807) is 6.07 Å². The third-order valence-electron chi connectivity index (χ3n) is 2.78. The zero-order valence-corrected chi connectivity index (χ0v) is 12.0. The molecule has 0 spiro atoms. The second kappa shape index (κ2) is 5.96. The van der Waals surface area contributed by atoms with Gasteiger partial charge in [0.15, 0.2) is 0 Å². The quantitative estimate of drug-likeness (QED) is 0.800. The van der Waals surface area contributed by atoms with E-state index in [0.29, 0.717) is 23.3 Å². The Balaban J connectivity index is 2.66. The van der Waals surface area contributed by atoms with E-state index in [2.05, 4.69) is 33.4 Å². The van der Waals surface area contributed by atoms with Crippen molar-refractivity contribution < 1.29 is 9.13 Å². The fraction of sp³-hybridized carbons (Fsp3) is 0.538. The highest BCUT2D eigenvalue weighted by molar-refractivity contribution is 7.80. The summed E-state index contributed by atoms with van der Waals surface area (Å²) in [5, 5.41) is 0.303. The van der Waals surface area contributed by atoms with Crippen molar-refractivity contribution in [1.29, 1.82) is 0 Å². The minimum absolute atomic E-state index is 0.119. The van der Waals surface area contributed by atoms with Gasteiger partial charge >= 0.3 is 0 Å². The van der Waals surface area contributed by atoms with E-state index >= 15 is 0 Å². The molecule has 1 unspecified atom stereocenters. The van der Waals surface area contributed by atoms with E-state index in [9.17, 15) is 4.39 Å². The fourth-order valence-electron chi connectivity index (χ4n) is 1.36. The summed E-state index contributed by atoms with van der Waals surface area (Å²) >= 11 is 10.2. The number of hydrogen-bond donors (Lipinski definition) is 1. The molecule has 0 radical (unpaired) electrons. The van der Waals surface area contributed by atoms with Gasteiger partial charge in [-0.05, 0) is 29.4 Å². The maximum atomic E-state index is 12.8. The summed E-state index contributed by atoms with van der Waals surface area (Å²) in [7, 11) is 0. The van der Waals surface area contributed by atoms with Gasteiger partial charge in [-0.25, -0.2) is 4.39 Å². The van der Waals surface area contributed by atoms with Gasteiger partial charge in [0, 0.05) is 5.92 Å². The van der Waals surface area contributed by atoms with E-state index < -0.39 is 0 Å². The molecule has 0 aliphatic rings. The van der Waals surface area contributed by atoms with Gasteiger partial charge in [-0.2, -0.15) is 12.6 Å². The van der Waals surface area contributed by atoms with Crippen molar-refractivity contribution in [2.24, 2.45) is 11.3 Å². The van der Waals surface area contributed by atoms with Gasteiger partial charge in [0.25, 0.3) is 0 Å². The first-order valence-corrected chi connectivity index (χ1v) is 6.54. The maximum absolute atomic E-state index is 12.8. The van der Waals surface area contributed by atoms with Crippen LogP contribution in [0.3, 0.4) is 0 Å². The topological polar surface area (TPSA) is 9.23 Å². The predicted octanol–water partition coefficient (Wildman–Crippen LogP) is 4.45. The molecule has 0 amide bonds. The third-order valence-corrected chi connectivity index (χ3v) is 3.52.